The Labute approximate surface area is 119 Å². The van der Waals surface area contributed by atoms with Gasteiger partial charge in [0.2, 0.25) is 0 Å². The standard InChI is InChI=1S/C10H13Br2S.Li/c1-2-3-4-5-6-8-9(11)7-13-10(8)12;/h2-6H2,1H3;/q-1;+1. The van der Waals surface area contributed by atoms with Crippen molar-refractivity contribution in [1.29, 1.82) is 0 Å². The van der Waals surface area contributed by atoms with Crippen LogP contribution in [0.3, 0.4) is 0 Å². The zero-order valence-electron chi connectivity index (χ0n) is 8.70. The Morgan fingerprint density at radius 2 is 1.93 bits per heavy atom. The monoisotopic (exact) mass is 330 g/mol. The van der Waals surface area contributed by atoms with Crippen LogP contribution in [0.25, 0.3) is 0 Å². The smallest absolute Gasteiger partial charge is 0.287 e. The van der Waals surface area contributed by atoms with E-state index in [0.717, 1.165) is 4.47 Å². The summed E-state index contributed by atoms with van der Waals surface area (Å²) >= 11 is 8.69. The largest absolute Gasteiger partial charge is 1.00 e. The maximum atomic E-state index is 3.54. The third-order valence-corrected chi connectivity index (χ3v) is 4.65. The van der Waals surface area contributed by atoms with Crippen molar-refractivity contribution in [1.82, 2.24) is 0 Å². The average Bonchev–Trinajstić information content (AvgIpc) is 2.42. The van der Waals surface area contributed by atoms with E-state index in [1.54, 1.807) is 11.3 Å². The second kappa shape index (κ2) is 8.41. The fraction of sp³-hybridized carbons (Fsp3) is 0.600. The average molecular weight is 332 g/mol. The molecule has 0 radical (unpaired) electrons. The molecule has 1 aromatic heterocycles. The Balaban J connectivity index is 0.00000169. The molecule has 0 aromatic carbocycles. The summed E-state index contributed by atoms with van der Waals surface area (Å²) < 4.78 is 2.37. The van der Waals surface area contributed by atoms with E-state index >= 15 is 0 Å². The minimum Gasteiger partial charge on any atom is -0.287 e. The van der Waals surface area contributed by atoms with E-state index < -0.39 is 0 Å². The molecule has 0 atom stereocenters. The number of rotatable bonds is 5. The van der Waals surface area contributed by atoms with Gasteiger partial charge in [-0.15, -0.1) is 21.3 Å². The van der Waals surface area contributed by atoms with E-state index in [2.05, 4.69) is 44.2 Å². The molecular weight excluding hydrogens is 319 g/mol. The first kappa shape index (κ1) is 15.3. The summed E-state index contributed by atoms with van der Waals surface area (Å²) in [6.45, 7) is 2.24. The molecule has 0 bridgehead atoms. The molecule has 0 spiro atoms. The number of unbranched alkanes of at least 4 members (excludes halogenated alkanes) is 3. The van der Waals surface area contributed by atoms with Crippen LogP contribution in [0.5, 0.6) is 0 Å². The molecule has 14 heavy (non-hydrogen) atoms. The van der Waals surface area contributed by atoms with Crippen LogP contribution in [0.15, 0.2) is 8.26 Å². The van der Waals surface area contributed by atoms with Crippen LogP contribution in [-0.2, 0) is 6.42 Å². The minimum absolute atomic E-state index is 0. The first-order valence-electron chi connectivity index (χ1n) is 4.60. The van der Waals surface area contributed by atoms with Crippen molar-refractivity contribution in [3.63, 3.8) is 0 Å². The third-order valence-electron chi connectivity index (χ3n) is 2.01. The molecule has 0 fully saturated rings. The van der Waals surface area contributed by atoms with Gasteiger partial charge in [0, 0.05) is 0 Å². The second-order valence-electron chi connectivity index (χ2n) is 3.08. The zero-order valence-corrected chi connectivity index (χ0v) is 12.7. The molecule has 0 amide bonds. The van der Waals surface area contributed by atoms with Crippen molar-refractivity contribution in [2.24, 2.45) is 0 Å². The van der Waals surface area contributed by atoms with Crippen molar-refractivity contribution in [2.75, 3.05) is 0 Å². The van der Waals surface area contributed by atoms with E-state index in [0.29, 0.717) is 0 Å². The molecule has 74 valence electrons. The normalized spacial score (nSPS) is 9.93. The number of hydrogen-bond acceptors (Lipinski definition) is 1. The molecule has 0 N–H and O–H groups in total. The van der Waals surface area contributed by atoms with Crippen molar-refractivity contribution >= 4 is 43.2 Å². The Kier molecular flexibility index (Phi) is 9.17. The fourth-order valence-corrected chi connectivity index (χ4v) is 3.54. The van der Waals surface area contributed by atoms with Crippen LogP contribution in [0.4, 0.5) is 0 Å². The second-order valence-corrected chi connectivity index (χ2v) is 6.01. The SMILES string of the molecule is CCCCCCc1c(Br)[c-]sc1Br.[Li+]. The first-order valence-corrected chi connectivity index (χ1v) is 7.00. The number of thiophene rings is 1. The van der Waals surface area contributed by atoms with Gasteiger partial charge in [-0.2, -0.15) is 5.56 Å². The van der Waals surface area contributed by atoms with Gasteiger partial charge in [0.25, 0.3) is 0 Å². The topological polar surface area (TPSA) is 0 Å². The van der Waals surface area contributed by atoms with Gasteiger partial charge in [-0.1, -0.05) is 63.2 Å². The maximum Gasteiger partial charge on any atom is 1.00 e. The molecule has 0 saturated carbocycles. The summed E-state index contributed by atoms with van der Waals surface area (Å²) in [5.41, 5.74) is 1.39. The Morgan fingerprint density at radius 1 is 1.21 bits per heavy atom. The van der Waals surface area contributed by atoms with Gasteiger partial charge in [0.15, 0.2) is 0 Å². The molecule has 1 heterocycles. The van der Waals surface area contributed by atoms with Crippen LogP contribution in [0, 0.1) is 5.38 Å². The van der Waals surface area contributed by atoms with Gasteiger partial charge in [0.1, 0.15) is 0 Å². The summed E-state index contributed by atoms with van der Waals surface area (Å²) in [4.78, 5) is 0. The van der Waals surface area contributed by atoms with E-state index in [-0.39, 0.29) is 18.9 Å². The van der Waals surface area contributed by atoms with Gasteiger partial charge in [0.05, 0.1) is 0 Å². The van der Waals surface area contributed by atoms with E-state index in [9.17, 15) is 0 Å². The van der Waals surface area contributed by atoms with Gasteiger partial charge < -0.3 is 0 Å². The Hall–Kier alpha value is 1.26. The minimum atomic E-state index is 0. The Bertz CT molecular complexity index is 241. The molecular formula is C10H13Br2LiS. The maximum absolute atomic E-state index is 3.54. The van der Waals surface area contributed by atoms with Gasteiger partial charge >= 0.3 is 18.9 Å². The van der Waals surface area contributed by atoms with E-state index in [4.69, 9.17) is 0 Å². The van der Waals surface area contributed by atoms with Crippen molar-refractivity contribution in [2.45, 2.75) is 39.0 Å². The molecule has 0 saturated heterocycles. The fourth-order valence-electron chi connectivity index (χ4n) is 1.24. The van der Waals surface area contributed by atoms with Crippen molar-refractivity contribution < 1.29 is 18.9 Å². The van der Waals surface area contributed by atoms with Crippen LogP contribution in [0.2, 0.25) is 0 Å². The Morgan fingerprint density at radius 3 is 2.43 bits per heavy atom. The molecule has 0 unspecified atom stereocenters. The molecule has 0 nitrogen and oxygen atoms in total. The van der Waals surface area contributed by atoms with Gasteiger partial charge in [-0.05, 0) is 0 Å². The van der Waals surface area contributed by atoms with Gasteiger partial charge in [-0.25, -0.2) is 0 Å². The summed E-state index contributed by atoms with van der Waals surface area (Å²) in [5.74, 6) is 0. The first-order chi connectivity index (χ1) is 6.25. The van der Waals surface area contributed by atoms with E-state index in [1.165, 1.54) is 41.5 Å². The van der Waals surface area contributed by atoms with Crippen molar-refractivity contribution in [3.8, 4) is 0 Å². The summed E-state index contributed by atoms with van der Waals surface area (Å²) in [6, 6.07) is 0. The van der Waals surface area contributed by atoms with Crippen LogP contribution in [-0.4, -0.2) is 0 Å². The quantitative estimate of drug-likeness (QED) is 0.441. The van der Waals surface area contributed by atoms with Gasteiger partial charge in [-0.3, -0.25) is 11.3 Å². The van der Waals surface area contributed by atoms with Crippen LogP contribution in [0.1, 0.15) is 38.2 Å². The molecule has 1 aromatic rings. The molecule has 4 heteroatoms. The molecule has 0 aliphatic heterocycles. The molecule has 0 aliphatic carbocycles. The number of hydrogen-bond donors (Lipinski definition) is 0. The molecule has 0 aliphatic rings. The summed E-state index contributed by atoms with van der Waals surface area (Å²) in [6.07, 6.45) is 6.45. The third kappa shape index (κ3) is 4.85. The summed E-state index contributed by atoms with van der Waals surface area (Å²) in [7, 11) is 0. The molecule has 1 rings (SSSR count). The predicted octanol–water partition coefficient (Wildman–Crippen LogP) is 2.20. The van der Waals surface area contributed by atoms with Crippen molar-refractivity contribution in [3.05, 3.63) is 19.2 Å². The van der Waals surface area contributed by atoms with E-state index in [1.807, 2.05) is 0 Å². The summed E-state index contributed by atoms with van der Waals surface area (Å²) in [5, 5.41) is 3.19. The number of halogens is 2. The predicted molar refractivity (Wildman–Crippen MR) is 66.4 cm³/mol. The zero-order chi connectivity index (χ0) is 9.68. The van der Waals surface area contributed by atoms with Crippen LogP contribution < -0.4 is 18.9 Å². The van der Waals surface area contributed by atoms with Crippen LogP contribution >= 0.6 is 43.2 Å².